The Labute approximate surface area is 232 Å². The van der Waals surface area contributed by atoms with Crippen LogP contribution >= 0.6 is 0 Å². The first-order valence-electron chi connectivity index (χ1n) is 13.3. The number of hydrogen-bond acceptors (Lipinski definition) is 6. The van der Waals surface area contributed by atoms with E-state index in [-0.39, 0.29) is 24.6 Å². The molecule has 1 fully saturated rings. The first kappa shape index (κ1) is 29.5. The van der Waals surface area contributed by atoms with Crippen molar-refractivity contribution < 1.29 is 27.4 Å². The third-order valence-electron chi connectivity index (χ3n) is 6.62. The van der Waals surface area contributed by atoms with Crippen molar-refractivity contribution in [2.75, 3.05) is 24.7 Å². The Morgan fingerprint density at radius 2 is 1.90 bits per heavy atom. The highest BCUT2D eigenvalue weighted by Crippen LogP contribution is 2.36. The molecule has 0 N–H and O–H groups in total. The zero-order valence-corrected chi connectivity index (χ0v) is 24.2. The summed E-state index contributed by atoms with van der Waals surface area (Å²) in [5, 5.41) is 12.6. The number of ether oxygens (including phenoxy) is 2. The van der Waals surface area contributed by atoms with Crippen molar-refractivity contribution in [2.45, 2.75) is 52.2 Å². The van der Waals surface area contributed by atoms with Crippen LogP contribution in [-0.2, 0) is 27.4 Å². The summed E-state index contributed by atoms with van der Waals surface area (Å²) in [5.74, 6) is -4.31. The molecule has 1 amide bonds. The Morgan fingerprint density at radius 3 is 2.55 bits per heavy atom. The zero-order chi connectivity index (χ0) is 28.9. The summed E-state index contributed by atoms with van der Waals surface area (Å²) in [4.78, 5) is 15.3. The van der Waals surface area contributed by atoms with Crippen molar-refractivity contribution in [3.05, 3.63) is 65.4 Å². The number of amides is 1. The van der Waals surface area contributed by atoms with Gasteiger partial charge in [0, 0.05) is 38.3 Å². The van der Waals surface area contributed by atoms with E-state index in [0.717, 1.165) is 18.2 Å². The van der Waals surface area contributed by atoms with Crippen LogP contribution in [0.5, 0.6) is 0 Å². The van der Waals surface area contributed by atoms with Crippen molar-refractivity contribution in [1.29, 1.82) is 0 Å². The molecule has 3 aromatic rings. The van der Waals surface area contributed by atoms with Crippen molar-refractivity contribution in [2.24, 2.45) is 5.92 Å². The summed E-state index contributed by atoms with van der Waals surface area (Å²) in [7, 11) is -1.32. The standard InChI is InChI=1S/C28H34F3N5O3Si/c1-5-38-11-8-22-26(21-6-9-32-33-17-21)34-36(18-39-12-13-40(2,3)4)27(22)35-10-7-20(28(35)37)14-19-15-23(29)25(31)24(30)16-19/h6,8-9,11,15-17,20H,5,7,10,12-14,18H2,1-4H3/b11-8+. The van der Waals surface area contributed by atoms with E-state index in [0.29, 0.717) is 48.8 Å². The highest BCUT2D eigenvalue weighted by Gasteiger charge is 2.37. The zero-order valence-electron chi connectivity index (χ0n) is 23.2. The molecule has 1 atom stereocenters. The highest BCUT2D eigenvalue weighted by atomic mass is 28.3. The topological polar surface area (TPSA) is 82.4 Å². The number of benzene rings is 1. The average molecular weight is 574 g/mol. The van der Waals surface area contributed by atoms with E-state index in [9.17, 15) is 18.0 Å². The molecular formula is C28H34F3N5O3Si. The SMILES string of the molecule is CCO/C=C/c1c(-c2ccnnc2)nn(COCC[Si](C)(C)C)c1N1CCC(Cc2cc(F)c(F)c(F)c2)C1=O. The van der Waals surface area contributed by atoms with Crippen LogP contribution in [0.15, 0.2) is 36.9 Å². The van der Waals surface area contributed by atoms with Gasteiger partial charge in [-0.2, -0.15) is 15.3 Å². The smallest absolute Gasteiger partial charge is 0.231 e. The van der Waals surface area contributed by atoms with Crippen molar-refractivity contribution in [3.63, 3.8) is 0 Å². The predicted molar refractivity (Wildman–Crippen MR) is 148 cm³/mol. The van der Waals surface area contributed by atoms with Gasteiger partial charge in [-0.1, -0.05) is 19.6 Å². The van der Waals surface area contributed by atoms with Gasteiger partial charge in [0.05, 0.1) is 25.3 Å². The largest absolute Gasteiger partial charge is 0.501 e. The summed E-state index contributed by atoms with van der Waals surface area (Å²) in [5.41, 5.74) is 2.14. The maximum absolute atomic E-state index is 13.8. The number of carbonyl (C=O) groups is 1. The van der Waals surface area contributed by atoms with E-state index < -0.39 is 31.4 Å². The van der Waals surface area contributed by atoms with Crippen molar-refractivity contribution in [1.82, 2.24) is 20.0 Å². The Kier molecular flexibility index (Phi) is 9.41. The van der Waals surface area contributed by atoms with Gasteiger partial charge < -0.3 is 9.47 Å². The molecular weight excluding hydrogens is 539 g/mol. The third-order valence-corrected chi connectivity index (χ3v) is 8.33. The number of nitrogens with zero attached hydrogens (tertiary/aromatic N) is 5. The molecule has 12 heteroatoms. The maximum Gasteiger partial charge on any atom is 0.231 e. The minimum absolute atomic E-state index is 0.0789. The summed E-state index contributed by atoms with van der Waals surface area (Å²) in [6, 6.07) is 4.63. The van der Waals surface area contributed by atoms with Crippen molar-refractivity contribution >= 4 is 25.9 Å². The van der Waals surface area contributed by atoms with Crippen molar-refractivity contribution in [3.8, 4) is 11.3 Å². The number of rotatable bonds is 12. The molecule has 8 nitrogen and oxygen atoms in total. The normalized spacial score (nSPS) is 15.9. The molecule has 0 spiro atoms. The van der Waals surface area contributed by atoms with E-state index >= 15 is 0 Å². The molecule has 40 heavy (non-hydrogen) atoms. The fraction of sp³-hybridized carbons (Fsp3) is 0.429. The van der Waals surface area contributed by atoms with Crippen LogP contribution < -0.4 is 4.90 Å². The molecule has 0 radical (unpaired) electrons. The number of halogens is 3. The van der Waals surface area contributed by atoms with Crippen LogP contribution in [0.4, 0.5) is 19.0 Å². The second-order valence-corrected chi connectivity index (χ2v) is 16.5. The highest BCUT2D eigenvalue weighted by molar-refractivity contribution is 6.76. The molecule has 1 aliphatic heterocycles. The fourth-order valence-corrected chi connectivity index (χ4v) is 5.29. The Morgan fingerprint density at radius 1 is 1.15 bits per heavy atom. The predicted octanol–water partition coefficient (Wildman–Crippen LogP) is 5.67. The molecule has 0 saturated carbocycles. The van der Waals surface area contributed by atoms with Crippen LogP contribution in [0.25, 0.3) is 17.3 Å². The van der Waals surface area contributed by atoms with E-state index in [1.54, 1.807) is 40.4 Å². The van der Waals surface area contributed by atoms with Gasteiger partial charge in [-0.3, -0.25) is 9.69 Å². The second-order valence-electron chi connectivity index (χ2n) is 10.9. The van der Waals surface area contributed by atoms with Gasteiger partial charge in [0.2, 0.25) is 5.91 Å². The van der Waals surface area contributed by atoms with Gasteiger partial charge in [0.1, 0.15) is 18.2 Å². The minimum atomic E-state index is -1.52. The van der Waals surface area contributed by atoms with E-state index in [4.69, 9.17) is 14.6 Å². The molecule has 4 rings (SSSR count). The van der Waals surface area contributed by atoms with Crippen LogP contribution in [0.3, 0.4) is 0 Å². The molecule has 2 aromatic heterocycles. The summed E-state index contributed by atoms with van der Waals surface area (Å²) in [6.07, 6.45) is 6.99. The molecule has 1 aliphatic rings. The van der Waals surface area contributed by atoms with Crippen LogP contribution in [0.2, 0.25) is 25.7 Å². The lowest BCUT2D eigenvalue weighted by molar-refractivity contribution is -0.120. The van der Waals surface area contributed by atoms with Gasteiger partial charge in [0.25, 0.3) is 0 Å². The number of carbonyl (C=O) groups excluding carboxylic acids is 1. The Balaban J connectivity index is 1.69. The number of hydrogen-bond donors (Lipinski definition) is 0. The molecule has 0 bridgehead atoms. The van der Waals surface area contributed by atoms with E-state index in [1.165, 1.54) is 0 Å². The molecule has 1 aromatic carbocycles. The lowest BCUT2D eigenvalue weighted by atomic mass is 9.98. The van der Waals surface area contributed by atoms with Gasteiger partial charge in [0.15, 0.2) is 17.5 Å². The summed E-state index contributed by atoms with van der Waals surface area (Å²) in [6.45, 7) is 10.2. The van der Waals surface area contributed by atoms with Gasteiger partial charge >= 0.3 is 0 Å². The first-order valence-corrected chi connectivity index (χ1v) is 17.0. The fourth-order valence-electron chi connectivity index (χ4n) is 4.53. The summed E-state index contributed by atoms with van der Waals surface area (Å²) >= 11 is 0. The first-order chi connectivity index (χ1) is 19.1. The minimum Gasteiger partial charge on any atom is -0.501 e. The lowest BCUT2D eigenvalue weighted by Gasteiger charge is -2.20. The number of anilines is 1. The van der Waals surface area contributed by atoms with Crippen LogP contribution in [-0.4, -0.2) is 53.7 Å². The third kappa shape index (κ3) is 6.97. The Bertz CT molecular complexity index is 1340. The molecule has 214 valence electrons. The average Bonchev–Trinajstić information content (AvgIpc) is 3.44. The molecule has 1 unspecified atom stereocenters. The number of aromatic nitrogens is 4. The second kappa shape index (κ2) is 12.8. The quantitative estimate of drug-likeness (QED) is 0.120. The molecule has 1 saturated heterocycles. The lowest BCUT2D eigenvalue weighted by Crippen LogP contribution is -2.31. The summed E-state index contributed by atoms with van der Waals surface area (Å²) < 4.78 is 54.3. The van der Waals surface area contributed by atoms with E-state index in [1.807, 2.05) is 6.92 Å². The maximum atomic E-state index is 13.8. The van der Waals surface area contributed by atoms with E-state index in [2.05, 4.69) is 29.8 Å². The van der Waals surface area contributed by atoms with Gasteiger partial charge in [-0.15, -0.1) is 0 Å². The monoisotopic (exact) mass is 573 g/mol. The van der Waals surface area contributed by atoms with Crippen LogP contribution in [0.1, 0.15) is 24.5 Å². The van der Waals surface area contributed by atoms with Gasteiger partial charge in [-0.25, -0.2) is 17.9 Å². The Hall–Kier alpha value is -3.51. The van der Waals surface area contributed by atoms with Crippen LogP contribution in [0, 0.1) is 23.4 Å². The molecule has 3 heterocycles. The molecule has 0 aliphatic carbocycles. The van der Waals surface area contributed by atoms with Gasteiger partial charge in [-0.05, 0) is 55.6 Å².